The molecule has 2 heterocycles. The predicted octanol–water partition coefficient (Wildman–Crippen LogP) is 0.102. The lowest BCUT2D eigenvalue weighted by atomic mass is 10.0. The molecule has 1 fully saturated rings. The highest BCUT2D eigenvalue weighted by Gasteiger charge is 2.44. The van der Waals surface area contributed by atoms with E-state index >= 15 is 0 Å². The van der Waals surface area contributed by atoms with E-state index in [1.54, 1.807) is 12.4 Å². The second-order valence-electron chi connectivity index (χ2n) is 6.77. The molecular weight excluding hydrogens is 382 g/mol. The number of aliphatic hydroxyl groups is 5. The van der Waals surface area contributed by atoms with Gasteiger partial charge < -0.3 is 30.3 Å². The zero-order valence-electron chi connectivity index (χ0n) is 15.3. The van der Waals surface area contributed by atoms with E-state index in [4.69, 9.17) is 9.84 Å². The summed E-state index contributed by atoms with van der Waals surface area (Å²) in [6.07, 6.45) is 0.475. The van der Waals surface area contributed by atoms with E-state index in [0.717, 1.165) is 28.5 Å². The van der Waals surface area contributed by atoms with Crippen LogP contribution < -0.4 is 4.74 Å². The number of benzene rings is 1. The van der Waals surface area contributed by atoms with Gasteiger partial charge in [0.25, 0.3) is 0 Å². The van der Waals surface area contributed by atoms with Crippen LogP contribution in [0.5, 0.6) is 5.75 Å². The van der Waals surface area contributed by atoms with Crippen LogP contribution in [0, 0.1) is 0 Å². The van der Waals surface area contributed by atoms with Crippen LogP contribution in [-0.4, -0.2) is 72.7 Å². The van der Waals surface area contributed by atoms with Gasteiger partial charge in [-0.05, 0) is 23.6 Å². The summed E-state index contributed by atoms with van der Waals surface area (Å²) < 4.78 is 5.92. The fourth-order valence-corrected chi connectivity index (χ4v) is 4.36. The molecule has 1 aliphatic rings. The quantitative estimate of drug-likeness (QED) is 0.438. The highest BCUT2D eigenvalue weighted by Crippen LogP contribution is 2.35. The Morgan fingerprint density at radius 2 is 1.64 bits per heavy atom. The maximum absolute atomic E-state index is 10.3. The molecule has 0 unspecified atom stereocenters. The Hall–Kier alpha value is -1.68. The lowest BCUT2D eigenvalue weighted by Gasteiger charge is -2.39. The minimum atomic E-state index is -1.40. The molecule has 1 saturated heterocycles. The van der Waals surface area contributed by atoms with E-state index in [1.165, 1.54) is 0 Å². The third-order valence-electron chi connectivity index (χ3n) is 4.78. The minimum absolute atomic E-state index is 0.110. The minimum Gasteiger partial charge on any atom is -0.475 e. The number of hydrogen-bond acceptors (Lipinski definition) is 8. The van der Waals surface area contributed by atoms with Crippen molar-refractivity contribution in [2.45, 2.75) is 41.8 Å². The van der Waals surface area contributed by atoms with Crippen molar-refractivity contribution in [1.29, 1.82) is 0 Å². The molecule has 0 radical (unpaired) electrons. The van der Waals surface area contributed by atoms with Gasteiger partial charge in [0.15, 0.2) is 5.44 Å². The maximum atomic E-state index is 10.3. The van der Waals surface area contributed by atoms with E-state index in [1.807, 2.05) is 30.3 Å². The Balaban J connectivity index is 1.74. The molecule has 0 spiro atoms. The van der Waals surface area contributed by atoms with Crippen LogP contribution in [0.25, 0.3) is 0 Å². The Morgan fingerprint density at radius 3 is 2.32 bits per heavy atom. The summed E-state index contributed by atoms with van der Waals surface area (Å²) in [6.45, 7) is -0.228. The molecule has 1 aromatic carbocycles. The molecular formula is C20H25NO6S. The van der Waals surface area contributed by atoms with Crippen LogP contribution in [0.15, 0.2) is 42.7 Å². The zero-order valence-corrected chi connectivity index (χ0v) is 16.1. The molecule has 0 amide bonds. The monoisotopic (exact) mass is 407 g/mol. The Labute approximate surface area is 167 Å². The molecule has 152 valence electrons. The van der Waals surface area contributed by atoms with Crippen molar-refractivity contribution in [1.82, 2.24) is 4.98 Å². The van der Waals surface area contributed by atoms with Crippen LogP contribution in [0.1, 0.15) is 16.7 Å². The first-order valence-corrected chi connectivity index (χ1v) is 10.1. The summed E-state index contributed by atoms with van der Waals surface area (Å²) in [4.78, 5) is 4.08. The van der Waals surface area contributed by atoms with Gasteiger partial charge >= 0.3 is 0 Å². The van der Waals surface area contributed by atoms with Gasteiger partial charge in [0, 0.05) is 24.8 Å². The number of rotatable bonds is 7. The average molecular weight is 407 g/mol. The third kappa shape index (κ3) is 4.83. The smallest absolute Gasteiger partial charge is 0.173 e. The number of aromatic nitrogens is 1. The Morgan fingerprint density at radius 1 is 0.929 bits per heavy atom. The van der Waals surface area contributed by atoms with Gasteiger partial charge in [-0.1, -0.05) is 24.3 Å². The second kappa shape index (κ2) is 9.69. The molecule has 8 heteroatoms. The van der Waals surface area contributed by atoms with Crippen LogP contribution in [0.2, 0.25) is 0 Å². The van der Waals surface area contributed by atoms with E-state index in [2.05, 4.69) is 4.98 Å². The number of pyridine rings is 1. The van der Waals surface area contributed by atoms with Gasteiger partial charge in [-0.15, -0.1) is 11.8 Å². The van der Waals surface area contributed by atoms with Crippen molar-refractivity contribution in [3.63, 3.8) is 0 Å². The Kier molecular flexibility index (Phi) is 7.28. The number of nitrogens with zero attached hydrogens (tertiary/aromatic N) is 1. The number of ether oxygens (including phenoxy) is 1. The zero-order chi connectivity index (χ0) is 20.1. The topological polar surface area (TPSA) is 123 Å². The molecule has 0 saturated carbocycles. The second-order valence-corrected chi connectivity index (χ2v) is 8.11. The highest BCUT2D eigenvalue weighted by atomic mass is 32.2. The molecule has 7 nitrogen and oxygen atoms in total. The van der Waals surface area contributed by atoms with Crippen molar-refractivity contribution < 1.29 is 30.3 Å². The highest BCUT2D eigenvalue weighted by molar-refractivity contribution is 8.00. The largest absolute Gasteiger partial charge is 0.475 e. The summed E-state index contributed by atoms with van der Waals surface area (Å²) in [5.74, 6) is 0.471. The number of thioether (sulfide) groups is 1. The first-order chi connectivity index (χ1) is 13.5. The van der Waals surface area contributed by atoms with E-state index in [0.29, 0.717) is 18.6 Å². The molecule has 5 N–H and O–H groups in total. The van der Waals surface area contributed by atoms with Crippen LogP contribution in [-0.2, 0) is 12.8 Å². The molecule has 5 atom stereocenters. The fraction of sp³-hybridized carbons (Fsp3) is 0.450. The molecule has 0 aliphatic carbocycles. The van der Waals surface area contributed by atoms with Gasteiger partial charge in [-0.2, -0.15) is 0 Å². The third-order valence-corrected chi connectivity index (χ3v) is 6.20. The molecule has 3 rings (SSSR count). The predicted molar refractivity (Wildman–Crippen MR) is 105 cm³/mol. The molecule has 28 heavy (non-hydrogen) atoms. The summed E-state index contributed by atoms with van der Waals surface area (Å²) >= 11 is 1.09. The van der Waals surface area contributed by atoms with Crippen molar-refractivity contribution in [2.75, 3.05) is 13.2 Å². The van der Waals surface area contributed by atoms with Crippen LogP contribution in [0.3, 0.4) is 0 Å². The summed E-state index contributed by atoms with van der Waals surface area (Å²) in [7, 11) is 0. The first kappa shape index (κ1) is 21.0. The van der Waals surface area contributed by atoms with Gasteiger partial charge in [0.1, 0.15) is 18.0 Å². The molecule has 0 bridgehead atoms. The van der Waals surface area contributed by atoms with Gasteiger partial charge in [-0.3, -0.25) is 4.98 Å². The van der Waals surface area contributed by atoms with Crippen molar-refractivity contribution in [3.05, 3.63) is 59.4 Å². The van der Waals surface area contributed by atoms with Gasteiger partial charge in [0.05, 0.1) is 24.2 Å². The van der Waals surface area contributed by atoms with E-state index in [9.17, 15) is 20.4 Å². The number of hydrogen-bond donors (Lipinski definition) is 5. The molecule has 1 aromatic heterocycles. The van der Waals surface area contributed by atoms with Crippen LogP contribution in [0.4, 0.5) is 0 Å². The normalized spacial score (nSPS) is 27.5. The van der Waals surface area contributed by atoms with Crippen molar-refractivity contribution in [2.24, 2.45) is 0 Å². The van der Waals surface area contributed by atoms with Crippen molar-refractivity contribution >= 4 is 11.8 Å². The van der Waals surface area contributed by atoms with Crippen molar-refractivity contribution in [3.8, 4) is 5.75 Å². The first-order valence-electron chi connectivity index (χ1n) is 9.12. The summed E-state index contributed by atoms with van der Waals surface area (Å²) in [5, 5.41) is 48.0. The number of aliphatic hydroxyl groups excluding tert-OH is 5. The lowest BCUT2D eigenvalue weighted by molar-refractivity contribution is -0.0910. The van der Waals surface area contributed by atoms with Gasteiger partial charge in [0.2, 0.25) is 0 Å². The Bertz CT molecular complexity index is 757. The lowest BCUT2D eigenvalue weighted by Crippen LogP contribution is -2.55. The van der Waals surface area contributed by atoms with E-state index in [-0.39, 0.29) is 13.2 Å². The summed E-state index contributed by atoms with van der Waals surface area (Å²) in [6, 6.07) is 9.74. The average Bonchev–Trinajstić information content (AvgIpc) is 2.71. The molecule has 2 aromatic rings. The SMILES string of the molecule is OCCc1ccc(Cc2ccncc2O[C@@H]2S[C@H](CO)[C@@H](O)[C@H](O)[C@H]2O)cc1. The standard InChI is InChI=1S/C20H25NO6S/c22-8-6-12-1-3-13(4-2-12)9-14-5-7-21-10-15(14)27-20-19(26)18(25)17(24)16(11-23)28-20/h1-5,7,10,16-20,22-26H,6,8-9,11H2/t16-,17-,18+,19-,20-/m1/s1. The van der Waals surface area contributed by atoms with E-state index < -0.39 is 29.0 Å². The summed E-state index contributed by atoms with van der Waals surface area (Å²) in [5.41, 5.74) is 2.13. The maximum Gasteiger partial charge on any atom is 0.173 e. The van der Waals surface area contributed by atoms with Gasteiger partial charge in [-0.25, -0.2) is 0 Å². The fourth-order valence-electron chi connectivity index (χ4n) is 3.12. The molecule has 1 aliphatic heterocycles. The van der Waals surface area contributed by atoms with Crippen LogP contribution >= 0.6 is 11.8 Å².